The van der Waals surface area contributed by atoms with Crippen LogP contribution in [0.5, 0.6) is 0 Å². The Morgan fingerprint density at radius 2 is 1.54 bits per heavy atom. The lowest BCUT2D eigenvalue weighted by atomic mass is 9.94. The van der Waals surface area contributed by atoms with Gasteiger partial charge >= 0.3 is 12.1 Å². The Balaban J connectivity index is 1.42. The number of fused-ring (bicyclic) bond motifs is 3. The minimum absolute atomic E-state index is 0.0236. The monoisotopic (exact) mass is 472 g/mol. The summed E-state index contributed by atoms with van der Waals surface area (Å²) in [7, 11) is 0. The van der Waals surface area contributed by atoms with E-state index in [4.69, 9.17) is 4.74 Å². The van der Waals surface area contributed by atoms with E-state index in [-0.39, 0.29) is 19.1 Å². The average molecular weight is 473 g/mol. The minimum atomic E-state index is -1.09. The van der Waals surface area contributed by atoms with Gasteiger partial charge in [-0.25, -0.2) is 4.79 Å². The van der Waals surface area contributed by atoms with Gasteiger partial charge in [-0.05, 0) is 60.7 Å². The maximum Gasteiger partial charge on any atom is 0.411 e. The molecule has 35 heavy (non-hydrogen) atoms. The lowest BCUT2D eigenvalue weighted by molar-refractivity contribution is -0.146. The van der Waals surface area contributed by atoms with Crippen molar-refractivity contribution in [2.24, 2.45) is 5.41 Å². The summed E-state index contributed by atoms with van der Waals surface area (Å²) in [6, 6.07) is 21.1. The summed E-state index contributed by atoms with van der Waals surface area (Å²) in [5.74, 6) is -1.47. The first-order valence-corrected chi connectivity index (χ1v) is 11.4. The molecule has 3 N–H and O–H groups in total. The summed E-state index contributed by atoms with van der Waals surface area (Å²) in [4.78, 5) is 36.5. The number of hydrogen-bond acceptors (Lipinski definition) is 4. The van der Waals surface area contributed by atoms with Crippen molar-refractivity contribution in [2.45, 2.75) is 26.7 Å². The first-order chi connectivity index (χ1) is 16.7. The van der Waals surface area contributed by atoms with E-state index in [9.17, 15) is 19.5 Å². The van der Waals surface area contributed by atoms with Gasteiger partial charge in [0.05, 0.1) is 5.41 Å². The van der Waals surface area contributed by atoms with E-state index >= 15 is 0 Å². The molecule has 1 aliphatic rings. The van der Waals surface area contributed by atoms with Crippen molar-refractivity contribution in [3.8, 4) is 11.1 Å². The van der Waals surface area contributed by atoms with E-state index < -0.39 is 23.4 Å². The molecule has 0 unspecified atom stereocenters. The Morgan fingerprint density at radius 3 is 2.14 bits per heavy atom. The van der Waals surface area contributed by atoms with Gasteiger partial charge in [0.25, 0.3) is 5.91 Å². The number of benzene rings is 3. The molecule has 4 rings (SSSR count). The maximum absolute atomic E-state index is 12.7. The number of carbonyl (C=O) groups excluding carboxylic acids is 2. The van der Waals surface area contributed by atoms with Crippen LogP contribution >= 0.6 is 0 Å². The van der Waals surface area contributed by atoms with Crippen LogP contribution in [0.15, 0.2) is 66.7 Å². The number of rotatable bonds is 7. The van der Waals surface area contributed by atoms with Gasteiger partial charge in [-0.15, -0.1) is 0 Å². The number of carboxylic acids is 1. The van der Waals surface area contributed by atoms with Crippen molar-refractivity contribution in [1.82, 2.24) is 5.32 Å². The first kappa shape index (κ1) is 24.0. The Bertz CT molecular complexity index is 1250. The number of amides is 2. The molecule has 3 aromatic carbocycles. The van der Waals surface area contributed by atoms with Crippen LogP contribution in [-0.2, 0) is 9.53 Å². The van der Waals surface area contributed by atoms with E-state index in [0.29, 0.717) is 11.3 Å². The highest BCUT2D eigenvalue weighted by Gasteiger charge is 2.29. The van der Waals surface area contributed by atoms with Crippen LogP contribution in [0.1, 0.15) is 46.8 Å². The van der Waals surface area contributed by atoms with Gasteiger partial charge in [0, 0.05) is 23.7 Å². The Morgan fingerprint density at radius 1 is 0.943 bits per heavy atom. The highest BCUT2D eigenvalue weighted by molar-refractivity contribution is 5.97. The van der Waals surface area contributed by atoms with Crippen LogP contribution in [0.3, 0.4) is 0 Å². The minimum Gasteiger partial charge on any atom is -0.481 e. The van der Waals surface area contributed by atoms with E-state index in [1.807, 2.05) is 31.2 Å². The largest absolute Gasteiger partial charge is 0.481 e. The van der Waals surface area contributed by atoms with Gasteiger partial charge in [-0.3, -0.25) is 14.9 Å². The molecular formula is C28H28N2O5. The molecule has 0 radical (unpaired) electrons. The molecule has 180 valence electrons. The van der Waals surface area contributed by atoms with Crippen molar-refractivity contribution in [3.63, 3.8) is 0 Å². The summed E-state index contributed by atoms with van der Waals surface area (Å²) in [5, 5.41) is 14.6. The van der Waals surface area contributed by atoms with E-state index in [1.165, 1.54) is 13.8 Å². The van der Waals surface area contributed by atoms with Gasteiger partial charge in [0.2, 0.25) is 0 Å². The molecule has 1 aliphatic carbocycles. The SMILES string of the molecule is Cc1ccc(C(=O)NCC(C)(C)C(=O)O)cc1NC(=O)OCC1c2ccccc2-c2ccccc21. The third-order valence-corrected chi connectivity index (χ3v) is 6.35. The van der Waals surface area contributed by atoms with Crippen LogP contribution in [0.2, 0.25) is 0 Å². The van der Waals surface area contributed by atoms with Crippen molar-refractivity contribution < 1.29 is 24.2 Å². The summed E-state index contributed by atoms with van der Waals surface area (Å²) in [6.45, 7) is 5.05. The summed E-state index contributed by atoms with van der Waals surface area (Å²) >= 11 is 0. The van der Waals surface area contributed by atoms with Crippen molar-refractivity contribution >= 4 is 23.7 Å². The summed E-state index contributed by atoms with van der Waals surface area (Å²) < 4.78 is 5.60. The zero-order valence-electron chi connectivity index (χ0n) is 19.9. The normalized spacial score (nSPS) is 12.4. The van der Waals surface area contributed by atoms with Gasteiger partial charge in [0.1, 0.15) is 6.61 Å². The van der Waals surface area contributed by atoms with Gasteiger partial charge in [-0.1, -0.05) is 54.6 Å². The lowest BCUT2D eigenvalue weighted by Gasteiger charge is -2.19. The number of carbonyl (C=O) groups is 3. The summed E-state index contributed by atoms with van der Waals surface area (Å²) in [6.07, 6.45) is -0.612. The van der Waals surface area contributed by atoms with Gasteiger partial charge in [0.15, 0.2) is 0 Å². The molecule has 0 aromatic heterocycles. The molecule has 0 aliphatic heterocycles. The Kier molecular flexibility index (Phi) is 6.60. The molecule has 0 fully saturated rings. The molecule has 0 saturated heterocycles. The maximum atomic E-state index is 12.7. The fourth-order valence-corrected chi connectivity index (χ4v) is 4.12. The van der Waals surface area contributed by atoms with Crippen LogP contribution < -0.4 is 10.6 Å². The lowest BCUT2D eigenvalue weighted by Crippen LogP contribution is -2.38. The van der Waals surface area contributed by atoms with Crippen LogP contribution in [0.25, 0.3) is 11.1 Å². The topological polar surface area (TPSA) is 105 Å². The second-order valence-electron chi connectivity index (χ2n) is 9.35. The highest BCUT2D eigenvalue weighted by Crippen LogP contribution is 2.44. The molecule has 0 heterocycles. The predicted molar refractivity (Wildman–Crippen MR) is 134 cm³/mol. The fourth-order valence-electron chi connectivity index (χ4n) is 4.12. The Labute approximate surface area is 204 Å². The fraction of sp³-hybridized carbons (Fsp3) is 0.250. The van der Waals surface area contributed by atoms with E-state index in [2.05, 4.69) is 34.9 Å². The van der Waals surface area contributed by atoms with E-state index in [1.54, 1.807) is 18.2 Å². The first-order valence-electron chi connectivity index (χ1n) is 11.4. The molecule has 7 heteroatoms. The van der Waals surface area contributed by atoms with Gasteiger partial charge in [-0.2, -0.15) is 0 Å². The second-order valence-corrected chi connectivity index (χ2v) is 9.35. The highest BCUT2D eigenvalue weighted by atomic mass is 16.5. The number of hydrogen-bond donors (Lipinski definition) is 3. The summed E-state index contributed by atoms with van der Waals surface area (Å²) in [5.41, 5.74) is 4.98. The number of ether oxygens (including phenoxy) is 1. The number of aryl methyl sites for hydroxylation is 1. The third kappa shape index (κ3) is 5.04. The smallest absolute Gasteiger partial charge is 0.411 e. The van der Waals surface area contributed by atoms with Gasteiger partial charge < -0.3 is 15.2 Å². The van der Waals surface area contributed by atoms with Crippen LogP contribution in [0.4, 0.5) is 10.5 Å². The van der Waals surface area contributed by atoms with Crippen LogP contribution in [0, 0.1) is 12.3 Å². The second kappa shape index (κ2) is 9.62. The predicted octanol–water partition coefficient (Wildman–Crippen LogP) is 5.20. The number of aliphatic carboxylic acids is 1. The molecular weight excluding hydrogens is 444 g/mol. The zero-order valence-corrected chi connectivity index (χ0v) is 19.9. The molecule has 3 aromatic rings. The molecule has 0 bridgehead atoms. The van der Waals surface area contributed by atoms with Crippen molar-refractivity contribution in [3.05, 3.63) is 89.0 Å². The molecule has 0 atom stereocenters. The van der Waals surface area contributed by atoms with Crippen LogP contribution in [-0.4, -0.2) is 36.2 Å². The average Bonchev–Trinajstić information content (AvgIpc) is 3.16. The molecule has 7 nitrogen and oxygen atoms in total. The molecule has 0 spiro atoms. The number of nitrogens with one attached hydrogen (secondary N) is 2. The number of anilines is 1. The van der Waals surface area contributed by atoms with Crippen molar-refractivity contribution in [2.75, 3.05) is 18.5 Å². The number of carboxylic acid groups (broad SMARTS) is 1. The van der Waals surface area contributed by atoms with E-state index in [0.717, 1.165) is 27.8 Å². The Hall–Kier alpha value is -4.13. The quantitative estimate of drug-likeness (QED) is 0.439. The zero-order chi connectivity index (χ0) is 25.2. The third-order valence-electron chi connectivity index (χ3n) is 6.35. The molecule has 2 amide bonds. The standard InChI is InChI=1S/C28H28N2O5/c1-17-12-13-18(25(31)29-16-28(2,3)26(32)33)14-24(17)30-27(34)35-15-23-21-10-6-4-8-19(21)20-9-5-7-11-22(20)23/h4-14,23H,15-16H2,1-3H3,(H,29,31)(H,30,34)(H,32,33). The van der Waals surface area contributed by atoms with Crippen molar-refractivity contribution in [1.29, 1.82) is 0 Å². The molecule has 0 saturated carbocycles.